The Hall–Kier alpha value is -1.67. The van der Waals surface area contributed by atoms with Crippen LogP contribution >= 0.6 is 0 Å². The molecule has 1 aromatic heterocycles. The zero-order valence-corrected chi connectivity index (χ0v) is 11.4. The normalized spacial score (nSPS) is 17.4. The van der Waals surface area contributed by atoms with Crippen LogP contribution in [0, 0.1) is 6.92 Å². The molecule has 98 valence electrons. The van der Waals surface area contributed by atoms with Crippen LogP contribution in [0.1, 0.15) is 34.8 Å². The first-order valence-corrected chi connectivity index (χ1v) is 7.05. The molecule has 2 aromatic rings. The van der Waals surface area contributed by atoms with Crippen molar-refractivity contribution in [2.24, 2.45) is 0 Å². The molecular formula is C17H20N2. The third kappa shape index (κ3) is 2.85. The molecule has 2 heteroatoms. The highest BCUT2D eigenvalue weighted by atomic mass is 14.9. The Bertz CT molecular complexity index is 548. The Morgan fingerprint density at radius 3 is 3.05 bits per heavy atom. The minimum Gasteiger partial charge on any atom is -0.310 e. The standard InChI is InChI=1S/C17H20N2/c1-13-5-6-14-7-8-17(16(14)12-13)19-11-9-15-4-2-3-10-18-15/h2-6,10,12,17,19H,7-9,11H2,1H3. The summed E-state index contributed by atoms with van der Waals surface area (Å²) in [5.41, 5.74) is 5.54. The van der Waals surface area contributed by atoms with E-state index in [1.165, 1.54) is 29.5 Å². The summed E-state index contributed by atoms with van der Waals surface area (Å²) in [7, 11) is 0. The molecular weight excluding hydrogens is 232 g/mol. The molecule has 0 bridgehead atoms. The van der Waals surface area contributed by atoms with E-state index in [0.717, 1.165) is 18.7 Å². The molecule has 3 rings (SSSR count). The largest absolute Gasteiger partial charge is 0.310 e. The highest BCUT2D eigenvalue weighted by Crippen LogP contribution is 2.31. The van der Waals surface area contributed by atoms with Crippen molar-refractivity contribution in [3.05, 3.63) is 65.0 Å². The van der Waals surface area contributed by atoms with Crippen LogP contribution in [0.4, 0.5) is 0 Å². The van der Waals surface area contributed by atoms with E-state index in [4.69, 9.17) is 0 Å². The topological polar surface area (TPSA) is 24.9 Å². The number of hydrogen-bond donors (Lipinski definition) is 1. The Labute approximate surface area is 114 Å². The molecule has 1 atom stereocenters. The van der Waals surface area contributed by atoms with Gasteiger partial charge in [0.25, 0.3) is 0 Å². The first kappa shape index (κ1) is 12.4. The first-order chi connectivity index (χ1) is 9.33. The lowest BCUT2D eigenvalue weighted by molar-refractivity contribution is 0.531. The molecule has 1 unspecified atom stereocenters. The van der Waals surface area contributed by atoms with Gasteiger partial charge in [-0.3, -0.25) is 4.98 Å². The highest BCUT2D eigenvalue weighted by Gasteiger charge is 2.21. The van der Waals surface area contributed by atoms with Crippen molar-refractivity contribution < 1.29 is 0 Å². The number of aromatic nitrogens is 1. The second kappa shape index (κ2) is 5.54. The minimum absolute atomic E-state index is 0.526. The highest BCUT2D eigenvalue weighted by molar-refractivity contribution is 5.37. The number of fused-ring (bicyclic) bond motifs is 1. The summed E-state index contributed by atoms with van der Waals surface area (Å²) >= 11 is 0. The van der Waals surface area contributed by atoms with E-state index in [9.17, 15) is 0 Å². The molecule has 0 fully saturated rings. The molecule has 1 aliphatic carbocycles. The number of hydrogen-bond acceptors (Lipinski definition) is 2. The predicted molar refractivity (Wildman–Crippen MR) is 78.2 cm³/mol. The summed E-state index contributed by atoms with van der Waals surface area (Å²) in [4.78, 5) is 4.36. The summed E-state index contributed by atoms with van der Waals surface area (Å²) in [6.07, 6.45) is 5.29. The van der Waals surface area contributed by atoms with E-state index in [0.29, 0.717) is 6.04 Å². The molecule has 1 aliphatic rings. The lowest BCUT2D eigenvalue weighted by Crippen LogP contribution is -2.22. The Balaban J connectivity index is 1.59. The molecule has 1 N–H and O–H groups in total. The van der Waals surface area contributed by atoms with E-state index >= 15 is 0 Å². The Kier molecular flexibility index (Phi) is 3.60. The number of benzene rings is 1. The van der Waals surface area contributed by atoms with Crippen molar-refractivity contribution in [3.63, 3.8) is 0 Å². The minimum atomic E-state index is 0.526. The van der Waals surface area contributed by atoms with Gasteiger partial charge in [-0.25, -0.2) is 0 Å². The van der Waals surface area contributed by atoms with E-state index in [2.05, 4.69) is 47.6 Å². The molecule has 0 radical (unpaired) electrons. The molecule has 19 heavy (non-hydrogen) atoms. The summed E-state index contributed by atoms with van der Waals surface area (Å²) in [6, 6.07) is 13.5. The summed E-state index contributed by atoms with van der Waals surface area (Å²) in [6.45, 7) is 3.17. The van der Waals surface area contributed by atoms with Crippen molar-refractivity contribution in [1.29, 1.82) is 0 Å². The van der Waals surface area contributed by atoms with E-state index in [1.54, 1.807) is 0 Å². The summed E-state index contributed by atoms with van der Waals surface area (Å²) in [5, 5.41) is 3.67. The van der Waals surface area contributed by atoms with Gasteiger partial charge in [0.05, 0.1) is 0 Å². The second-order valence-electron chi connectivity index (χ2n) is 5.32. The Morgan fingerprint density at radius 1 is 1.26 bits per heavy atom. The number of rotatable bonds is 4. The van der Waals surface area contributed by atoms with Crippen LogP contribution in [0.15, 0.2) is 42.6 Å². The average molecular weight is 252 g/mol. The van der Waals surface area contributed by atoms with Gasteiger partial charge >= 0.3 is 0 Å². The predicted octanol–water partition coefficient (Wildman–Crippen LogP) is 3.21. The van der Waals surface area contributed by atoms with Crippen LogP contribution in [0.2, 0.25) is 0 Å². The Morgan fingerprint density at radius 2 is 2.21 bits per heavy atom. The number of nitrogens with one attached hydrogen (secondary N) is 1. The third-order valence-electron chi connectivity index (χ3n) is 3.88. The van der Waals surface area contributed by atoms with Crippen molar-refractivity contribution >= 4 is 0 Å². The number of nitrogens with zero attached hydrogens (tertiary/aromatic N) is 1. The van der Waals surface area contributed by atoms with Gasteiger partial charge in [0.1, 0.15) is 0 Å². The van der Waals surface area contributed by atoms with Gasteiger partial charge in [-0.05, 0) is 43.0 Å². The average Bonchev–Trinajstić information content (AvgIpc) is 2.83. The van der Waals surface area contributed by atoms with Crippen LogP contribution in [0.25, 0.3) is 0 Å². The summed E-state index contributed by atoms with van der Waals surface area (Å²) < 4.78 is 0. The van der Waals surface area contributed by atoms with Crippen LogP contribution < -0.4 is 5.32 Å². The zero-order valence-electron chi connectivity index (χ0n) is 11.4. The molecule has 0 amide bonds. The molecule has 0 saturated carbocycles. The number of pyridine rings is 1. The molecule has 0 spiro atoms. The van der Waals surface area contributed by atoms with Gasteiger partial charge in [-0.2, -0.15) is 0 Å². The lowest BCUT2D eigenvalue weighted by atomic mass is 10.0. The molecule has 0 saturated heterocycles. The van der Waals surface area contributed by atoms with Gasteiger partial charge in [-0.1, -0.05) is 29.8 Å². The quantitative estimate of drug-likeness (QED) is 0.903. The maximum Gasteiger partial charge on any atom is 0.0416 e. The monoisotopic (exact) mass is 252 g/mol. The summed E-state index contributed by atoms with van der Waals surface area (Å²) in [5.74, 6) is 0. The SMILES string of the molecule is Cc1ccc2c(c1)C(NCCc1ccccn1)CC2. The maximum atomic E-state index is 4.36. The van der Waals surface area contributed by atoms with Crippen LogP contribution in [-0.2, 0) is 12.8 Å². The van der Waals surface area contributed by atoms with Crippen LogP contribution in [-0.4, -0.2) is 11.5 Å². The fourth-order valence-electron chi connectivity index (χ4n) is 2.85. The van der Waals surface area contributed by atoms with E-state index in [-0.39, 0.29) is 0 Å². The molecule has 0 aliphatic heterocycles. The van der Waals surface area contributed by atoms with Gasteiger partial charge in [0, 0.05) is 30.9 Å². The zero-order chi connectivity index (χ0) is 13.1. The van der Waals surface area contributed by atoms with Crippen molar-refractivity contribution in [2.75, 3.05) is 6.54 Å². The van der Waals surface area contributed by atoms with E-state index in [1.807, 2.05) is 12.3 Å². The van der Waals surface area contributed by atoms with Crippen LogP contribution in [0.5, 0.6) is 0 Å². The molecule has 2 nitrogen and oxygen atoms in total. The fourth-order valence-corrected chi connectivity index (χ4v) is 2.85. The molecule has 1 heterocycles. The van der Waals surface area contributed by atoms with Gasteiger partial charge in [-0.15, -0.1) is 0 Å². The smallest absolute Gasteiger partial charge is 0.0416 e. The third-order valence-corrected chi connectivity index (χ3v) is 3.88. The van der Waals surface area contributed by atoms with Crippen LogP contribution in [0.3, 0.4) is 0 Å². The van der Waals surface area contributed by atoms with Crippen molar-refractivity contribution in [2.45, 2.75) is 32.2 Å². The lowest BCUT2D eigenvalue weighted by Gasteiger charge is -2.14. The first-order valence-electron chi connectivity index (χ1n) is 7.05. The second-order valence-corrected chi connectivity index (χ2v) is 5.32. The fraction of sp³-hybridized carbons (Fsp3) is 0.353. The van der Waals surface area contributed by atoms with Crippen molar-refractivity contribution in [1.82, 2.24) is 10.3 Å². The van der Waals surface area contributed by atoms with Gasteiger partial charge < -0.3 is 5.32 Å². The van der Waals surface area contributed by atoms with Gasteiger partial charge in [0.2, 0.25) is 0 Å². The van der Waals surface area contributed by atoms with E-state index < -0.39 is 0 Å². The maximum absolute atomic E-state index is 4.36. The number of aryl methyl sites for hydroxylation is 2. The molecule has 1 aromatic carbocycles. The van der Waals surface area contributed by atoms with Gasteiger partial charge in [0.15, 0.2) is 0 Å². The van der Waals surface area contributed by atoms with Crippen molar-refractivity contribution in [3.8, 4) is 0 Å².